The number of amides is 2. The minimum absolute atomic E-state index is 0.106. The lowest BCUT2D eigenvalue weighted by Crippen LogP contribution is -2.52. The third kappa shape index (κ3) is 3.90. The first-order valence-corrected chi connectivity index (χ1v) is 8.27. The van der Waals surface area contributed by atoms with Crippen molar-refractivity contribution in [3.63, 3.8) is 0 Å². The Morgan fingerprint density at radius 3 is 2.30 bits per heavy atom. The van der Waals surface area contributed by atoms with E-state index in [-0.39, 0.29) is 25.2 Å². The molecule has 1 heterocycles. The summed E-state index contributed by atoms with van der Waals surface area (Å²) in [6.45, 7) is -0.0793. The Hall–Kier alpha value is -2.61. The summed E-state index contributed by atoms with van der Waals surface area (Å²) in [6.07, 6.45) is -4.69. The standard InChI is InChI=1S/C18H13ClF4N2O2/c19-16-13(2-1-3-14(16)18(21,22)23)17(27)24-8-9-25(15(26)10-24)12-6-4-11(20)5-7-12/h1-7H,8-10H2. The molecule has 2 aromatic rings. The van der Waals surface area contributed by atoms with E-state index < -0.39 is 34.4 Å². The topological polar surface area (TPSA) is 40.6 Å². The van der Waals surface area contributed by atoms with Gasteiger partial charge in [-0.05, 0) is 36.4 Å². The van der Waals surface area contributed by atoms with Crippen molar-refractivity contribution in [2.45, 2.75) is 6.18 Å². The second-order valence-electron chi connectivity index (χ2n) is 5.91. The number of hydrogen-bond acceptors (Lipinski definition) is 2. The molecular weight excluding hydrogens is 388 g/mol. The molecule has 1 aliphatic heterocycles. The zero-order valence-corrected chi connectivity index (χ0v) is 14.5. The van der Waals surface area contributed by atoms with E-state index in [0.29, 0.717) is 5.69 Å². The fourth-order valence-corrected chi connectivity index (χ4v) is 3.14. The van der Waals surface area contributed by atoms with Gasteiger partial charge in [0.05, 0.1) is 16.1 Å². The number of piperazine rings is 1. The summed E-state index contributed by atoms with van der Waals surface area (Å²) in [5, 5.41) is -0.691. The molecule has 0 spiro atoms. The average molecular weight is 401 g/mol. The molecule has 2 amide bonds. The molecule has 1 fully saturated rings. The number of rotatable bonds is 2. The van der Waals surface area contributed by atoms with E-state index in [9.17, 15) is 27.2 Å². The van der Waals surface area contributed by atoms with E-state index in [1.54, 1.807) is 0 Å². The maximum Gasteiger partial charge on any atom is 0.417 e. The SMILES string of the molecule is O=C(c1cccc(C(F)(F)F)c1Cl)N1CCN(c2ccc(F)cc2)C(=O)C1. The van der Waals surface area contributed by atoms with Crippen molar-refractivity contribution in [3.8, 4) is 0 Å². The van der Waals surface area contributed by atoms with Crippen molar-refractivity contribution in [1.29, 1.82) is 0 Å². The van der Waals surface area contributed by atoms with Gasteiger partial charge in [0.15, 0.2) is 0 Å². The van der Waals surface area contributed by atoms with Gasteiger partial charge in [-0.1, -0.05) is 17.7 Å². The highest BCUT2D eigenvalue weighted by atomic mass is 35.5. The fourth-order valence-electron chi connectivity index (χ4n) is 2.83. The van der Waals surface area contributed by atoms with E-state index in [2.05, 4.69) is 0 Å². The number of anilines is 1. The van der Waals surface area contributed by atoms with Crippen LogP contribution < -0.4 is 4.90 Å². The molecule has 4 nitrogen and oxygen atoms in total. The average Bonchev–Trinajstić information content (AvgIpc) is 2.61. The highest BCUT2D eigenvalue weighted by molar-refractivity contribution is 6.34. The first kappa shape index (κ1) is 19.2. The predicted octanol–water partition coefficient (Wildman–Crippen LogP) is 3.99. The van der Waals surface area contributed by atoms with E-state index in [1.165, 1.54) is 35.2 Å². The highest BCUT2D eigenvalue weighted by Gasteiger charge is 2.36. The second-order valence-corrected chi connectivity index (χ2v) is 6.29. The van der Waals surface area contributed by atoms with Crippen LogP contribution in [0.25, 0.3) is 0 Å². The van der Waals surface area contributed by atoms with Crippen molar-refractivity contribution in [3.05, 3.63) is 64.4 Å². The van der Waals surface area contributed by atoms with Gasteiger partial charge in [0, 0.05) is 18.8 Å². The maximum atomic E-state index is 13.0. The summed E-state index contributed by atoms with van der Waals surface area (Å²) in [4.78, 5) is 27.5. The van der Waals surface area contributed by atoms with E-state index in [0.717, 1.165) is 17.0 Å². The third-order valence-electron chi connectivity index (χ3n) is 4.18. The molecule has 1 saturated heterocycles. The van der Waals surface area contributed by atoms with Crippen LogP contribution in [0.1, 0.15) is 15.9 Å². The molecule has 2 aromatic carbocycles. The Kier molecular flexibility index (Phi) is 5.10. The van der Waals surface area contributed by atoms with Gasteiger partial charge in [0.1, 0.15) is 12.4 Å². The summed E-state index contributed by atoms with van der Waals surface area (Å²) >= 11 is 5.78. The molecule has 0 radical (unpaired) electrons. The number of carbonyl (C=O) groups excluding carboxylic acids is 2. The van der Waals surface area contributed by atoms with Gasteiger partial charge < -0.3 is 9.80 Å². The van der Waals surface area contributed by atoms with Gasteiger partial charge in [-0.25, -0.2) is 4.39 Å². The summed E-state index contributed by atoms with van der Waals surface area (Å²) in [5.74, 6) is -1.62. The number of carbonyl (C=O) groups is 2. The molecule has 9 heteroatoms. The Morgan fingerprint density at radius 2 is 1.70 bits per heavy atom. The van der Waals surface area contributed by atoms with Crippen molar-refractivity contribution in [2.75, 3.05) is 24.5 Å². The van der Waals surface area contributed by atoms with Crippen molar-refractivity contribution < 1.29 is 27.2 Å². The monoisotopic (exact) mass is 400 g/mol. The number of alkyl halides is 3. The predicted molar refractivity (Wildman–Crippen MR) is 91.1 cm³/mol. The molecule has 0 aliphatic carbocycles. The summed E-state index contributed by atoms with van der Waals surface area (Å²) in [7, 11) is 0. The van der Waals surface area contributed by atoms with Gasteiger partial charge in [0.2, 0.25) is 5.91 Å². The Labute approximate surface area is 156 Å². The van der Waals surface area contributed by atoms with Gasteiger partial charge in [0.25, 0.3) is 5.91 Å². The Bertz CT molecular complexity index is 884. The molecule has 142 valence electrons. The zero-order chi connectivity index (χ0) is 19.8. The molecule has 1 aliphatic rings. The van der Waals surface area contributed by atoms with Gasteiger partial charge in [-0.2, -0.15) is 13.2 Å². The van der Waals surface area contributed by atoms with Crippen LogP contribution in [-0.2, 0) is 11.0 Å². The largest absolute Gasteiger partial charge is 0.417 e. The van der Waals surface area contributed by atoms with Crippen molar-refractivity contribution in [1.82, 2.24) is 4.90 Å². The molecule has 0 bridgehead atoms. The van der Waals surface area contributed by atoms with Crippen LogP contribution in [-0.4, -0.2) is 36.3 Å². The molecule has 3 rings (SSSR count). The van der Waals surface area contributed by atoms with Gasteiger partial charge >= 0.3 is 6.18 Å². The van der Waals surface area contributed by atoms with Crippen LogP contribution in [0.4, 0.5) is 23.2 Å². The lowest BCUT2D eigenvalue weighted by molar-refractivity contribution is -0.137. The van der Waals surface area contributed by atoms with Crippen molar-refractivity contribution >= 4 is 29.1 Å². The molecule has 0 aromatic heterocycles. The van der Waals surface area contributed by atoms with Gasteiger partial charge in [-0.15, -0.1) is 0 Å². The minimum Gasteiger partial charge on any atom is -0.327 e. The summed E-state index contributed by atoms with van der Waals surface area (Å²) in [5.41, 5.74) is -0.939. The quantitative estimate of drug-likeness (QED) is 0.715. The molecule has 0 unspecified atom stereocenters. The number of halogens is 5. The third-order valence-corrected chi connectivity index (χ3v) is 4.59. The van der Waals surface area contributed by atoms with Crippen LogP contribution in [0.3, 0.4) is 0 Å². The highest BCUT2D eigenvalue weighted by Crippen LogP contribution is 2.36. The zero-order valence-electron chi connectivity index (χ0n) is 13.8. The summed E-state index contributed by atoms with van der Waals surface area (Å²) in [6, 6.07) is 8.37. The summed E-state index contributed by atoms with van der Waals surface area (Å²) < 4.78 is 51.9. The van der Waals surface area contributed by atoms with Crippen LogP contribution in [0.2, 0.25) is 5.02 Å². The molecule has 0 atom stereocenters. The lowest BCUT2D eigenvalue weighted by atomic mass is 10.1. The molecule has 0 saturated carbocycles. The first-order valence-electron chi connectivity index (χ1n) is 7.89. The lowest BCUT2D eigenvalue weighted by Gasteiger charge is -2.34. The second kappa shape index (κ2) is 7.19. The molecule has 0 N–H and O–H groups in total. The minimum atomic E-state index is -4.69. The van der Waals surface area contributed by atoms with E-state index >= 15 is 0 Å². The fraction of sp³-hybridized carbons (Fsp3) is 0.222. The van der Waals surface area contributed by atoms with Crippen LogP contribution in [0, 0.1) is 5.82 Å². The molecular formula is C18H13ClF4N2O2. The smallest absolute Gasteiger partial charge is 0.327 e. The van der Waals surface area contributed by atoms with Crippen LogP contribution >= 0.6 is 11.6 Å². The molecule has 27 heavy (non-hydrogen) atoms. The van der Waals surface area contributed by atoms with E-state index in [1.807, 2.05) is 0 Å². The number of nitrogens with zero attached hydrogens (tertiary/aromatic N) is 2. The maximum absolute atomic E-state index is 13.0. The Balaban J connectivity index is 1.79. The number of benzene rings is 2. The first-order chi connectivity index (χ1) is 12.7. The van der Waals surface area contributed by atoms with Gasteiger partial charge in [-0.3, -0.25) is 9.59 Å². The number of hydrogen-bond donors (Lipinski definition) is 0. The van der Waals surface area contributed by atoms with Crippen LogP contribution in [0.5, 0.6) is 0 Å². The Morgan fingerprint density at radius 1 is 1.04 bits per heavy atom. The van der Waals surface area contributed by atoms with Crippen molar-refractivity contribution in [2.24, 2.45) is 0 Å². The van der Waals surface area contributed by atoms with Crippen LogP contribution in [0.15, 0.2) is 42.5 Å². The normalized spacial score (nSPS) is 15.2. The van der Waals surface area contributed by atoms with E-state index in [4.69, 9.17) is 11.6 Å².